The Labute approximate surface area is 112 Å². The number of anilines is 1. The molecule has 1 N–H and O–H groups in total. The molecule has 19 heavy (non-hydrogen) atoms. The highest BCUT2D eigenvalue weighted by Crippen LogP contribution is 2.26. The van der Waals surface area contributed by atoms with E-state index >= 15 is 0 Å². The van der Waals surface area contributed by atoms with Crippen LogP contribution in [0.3, 0.4) is 0 Å². The summed E-state index contributed by atoms with van der Waals surface area (Å²) in [5.74, 6) is 1.07. The third-order valence-corrected chi connectivity index (χ3v) is 3.89. The Morgan fingerprint density at radius 3 is 2.95 bits per heavy atom. The monoisotopic (exact) mass is 260 g/mol. The van der Waals surface area contributed by atoms with Gasteiger partial charge in [0.2, 0.25) is 0 Å². The van der Waals surface area contributed by atoms with E-state index in [0.717, 1.165) is 43.8 Å². The third kappa shape index (κ3) is 2.42. The van der Waals surface area contributed by atoms with Gasteiger partial charge < -0.3 is 10.0 Å². The Balaban J connectivity index is 1.97. The van der Waals surface area contributed by atoms with Crippen molar-refractivity contribution in [3.05, 3.63) is 24.0 Å². The van der Waals surface area contributed by atoms with E-state index in [1.165, 1.54) is 5.56 Å². The van der Waals surface area contributed by atoms with Gasteiger partial charge in [0.15, 0.2) is 5.65 Å². The molecule has 0 aliphatic carbocycles. The molecule has 0 radical (unpaired) electrons. The van der Waals surface area contributed by atoms with Gasteiger partial charge in [-0.05, 0) is 50.8 Å². The summed E-state index contributed by atoms with van der Waals surface area (Å²) in [5, 5.41) is 14.5. The molecule has 1 fully saturated rings. The minimum absolute atomic E-state index is 0.542. The number of rotatable bonds is 1. The van der Waals surface area contributed by atoms with Crippen LogP contribution in [0.15, 0.2) is 18.5 Å². The Bertz CT molecular complexity index is 590. The maximum absolute atomic E-state index is 10.2. The van der Waals surface area contributed by atoms with Crippen LogP contribution in [-0.4, -0.2) is 38.4 Å². The quantitative estimate of drug-likeness (QED) is 0.849. The van der Waals surface area contributed by atoms with E-state index in [1.807, 2.05) is 17.5 Å². The van der Waals surface area contributed by atoms with Gasteiger partial charge in [0.1, 0.15) is 12.1 Å². The molecule has 1 atom stereocenters. The summed E-state index contributed by atoms with van der Waals surface area (Å²) < 4.78 is 1.88. The fourth-order valence-corrected chi connectivity index (χ4v) is 2.75. The van der Waals surface area contributed by atoms with Crippen molar-refractivity contribution in [3.8, 4) is 0 Å². The van der Waals surface area contributed by atoms with Crippen LogP contribution in [0.25, 0.3) is 5.65 Å². The van der Waals surface area contributed by atoms with E-state index in [2.05, 4.69) is 28.0 Å². The van der Waals surface area contributed by atoms with E-state index < -0.39 is 5.60 Å². The van der Waals surface area contributed by atoms with Crippen LogP contribution in [0.2, 0.25) is 0 Å². The van der Waals surface area contributed by atoms with E-state index in [4.69, 9.17) is 0 Å². The lowest BCUT2D eigenvalue weighted by Crippen LogP contribution is -2.29. The van der Waals surface area contributed by atoms with Gasteiger partial charge in [0.25, 0.3) is 0 Å². The maximum atomic E-state index is 10.2. The molecule has 0 aromatic carbocycles. The third-order valence-electron chi connectivity index (χ3n) is 3.89. The number of nitrogens with zero attached hydrogens (tertiary/aromatic N) is 4. The van der Waals surface area contributed by atoms with Crippen molar-refractivity contribution in [3.63, 3.8) is 0 Å². The molecule has 1 aliphatic rings. The number of aliphatic hydroxyl groups is 1. The van der Waals surface area contributed by atoms with Crippen LogP contribution in [0.4, 0.5) is 5.82 Å². The number of hydrogen-bond acceptors (Lipinski definition) is 4. The van der Waals surface area contributed by atoms with Gasteiger partial charge in [0.05, 0.1) is 5.60 Å². The van der Waals surface area contributed by atoms with E-state index in [9.17, 15) is 5.11 Å². The molecule has 1 aliphatic heterocycles. The van der Waals surface area contributed by atoms with Crippen LogP contribution in [0, 0.1) is 6.92 Å². The van der Waals surface area contributed by atoms with Crippen LogP contribution in [-0.2, 0) is 0 Å². The van der Waals surface area contributed by atoms with Crippen molar-refractivity contribution >= 4 is 11.5 Å². The van der Waals surface area contributed by atoms with Crippen LogP contribution >= 0.6 is 0 Å². The maximum Gasteiger partial charge on any atom is 0.157 e. The first-order valence-corrected chi connectivity index (χ1v) is 6.83. The van der Waals surface area contributed by atoms with E-state index in [-0.39, 0.29) is 0 Å². The second kappa shape index (κ2) is 4.49. The summed E-state index contributed by atoms with van der Waals surface area (Å²) in [6, 6.07) is 4.17. The molecule has 2 aromatic rings. The Morgan fingerprint density at radius 2 is 2.11 bits per heavy atom. The van der Waals surface area contributed by atoms with Crippen molar-refractivity contribution in [2.75, 3.05) is 18.0 Å². The molecule has 102 valence electrons. The van der Waals surface area contributed by atoms with Gasteiger partial charge in [0, 0.05) is 13.1 Å². The normalized spacial score (nSPS) is 24.7. The first kappa shape index (κ1) is 12.4. The fourth-order valence-electron chi connectivity index (χ4n) is 2.75. The summed E-state index contributed by atoms with van der Waals surface area (Å²) >= 11 is 0. The lowest BCUT2D eigenvalue weighted by atomic mass is 9.98. The summed E-state index contributed by atoms with van der Waals surface area (Å²) in [7, 11) is 0. The number of aromatic nitrogens is 3. The van der Waals surface area contributed by atoms with Crippen LogP contribution in [0.1, 0.15) is 31.7 Å². The second-order valence-corrected chi connectivity index (χ2v) is 5.76. The van der Waals surface area contributed by atoms with Crippen LogP contribution in [0.5, 0.6) is 0 Å². The lowest BCUT2D eigenvalue weighted by Gasteiger charge is -2.24. The summed E-state index contributed by atoms with van der Waals surface area (Å²) in [6.45, 7) is 5.81. The van der Waals surface area contributed by atoms with Gasteiger partial charge in [-0.15, -0.1) is 0 Å². The van der Waals surface area contributed by atoms with Gasteiger partial charge in [-0.1, -0.05) is 0 Å². The molecule has 0 bridgehead atoms. The minimum Gasteiger partial charge on any atom is -0.390 e. The summed E-state index contributed by atoms with van der Waals surface area (Å²) in [5.41, 5.74) is 1.53. The number of fused-ring (bicyclic) bond motifs is 1. The zero-order valence-corrected chi connectivity index (χ0v) is 11.5. The highest BCUT2D eigenvalue weighted by Gasteiger charge is 2.26. The molecule has 5 heteroatoms. The SMILES string of the molecule is Cc1cc(N2CCCC(C)(O)CC2)n2ncnc2c1. The molecule has 0 saturated carbocycles. The van der Waals surface area contributed by atoms with Crippen molar-refractivity contribution in [1.29, 1.82) is 0 Å². The molecule has 3 rings (SSSR count). The largest absolute Gasteiger partial charge is 0.390 e. The molecule has 0 spiro atoms. The summed E-state index contributed by atoms with van der Waals surface area (Å²) in [6.07, 6.45) is 4.23. The van der Waals surface area contributed by atoms with Crippen molar-refractivity contribution in [2.24, 2.45) is 0 Å². The van der Waals surface area contributed by atoms with Crippen molar-refractivity contribution in [2.45, 2.75) is 38.7 Å². The van der Waals surface area contributed by atoms with Gasteiger partial charge in [-0.2, -0.15) is 9.61 Å². The van der Waals surface area contributed by atoms with Gasteiger partial charge in [-0.3, -0.25) is 0 Å². The van der Waals surface area contributed by atoms with Gasteiger partial charge >= 0.3 is 0 Å². The molecule has 2 aromatic heterocycles. The van der Waals surface area contributed by atoms with Crippen molar-refractivity contribution < 1.29 is 5.11 Å². The molecular weight excluding hydrogens is 240 g/mol. The van der Waals surface area contributed by atoms with Crippen LogP contribution < -0.4 is 4.90 Å². The highest BCUT2D eigenvalue weighted by atomic mass is 16.3. The standard InChI is InChI=1S/C14H20N4O/c1-11-8-12-15-10-16-18(12)13(9-11)17-6-3-4-14(2,19)5-7-17/h8-10,19H,3-7H2,1-2H3. The number of aryl methyl sites for hydroxylation is 1. The zero-order valence-electron chi connectivity index (χ0n) is 11.5. The number of hydrogen-bond donors (Lipinski definition) is 1. The molecule has 1 saturated heterocycles. The number of pyridine rings is 1. The summed E-state index contributed by atoms with van der Waals surface area (Å²) in [4.78, 5) is 6.56. The van der Waals surface area contributed by atoms with Crippen molar-refractivity contribution in [1.82, 2.24) is 14.6 Å². The predicted molar refractivity (Wildman–Crippen MR) is 74.4 cm³/mol. The first-order valence-electron chi connectivity index (χ1n) is 6.83. The van der Waals surface area contributed by atoms with E-state index in [0.29, 0.717) is 0 Å². The topological polar surface area (TPSA) is 53.7 Å². The molecule has 5 nitrogen and oxygen atoms in total. The molecule has 3 heterocycles. The smallest absolute Gasteiger partial charge is 0.157 e. The average Bonchev–Trinajstić information content (AvgIpc) is 2.72. The molecule has 0 amide bonds. The highest BCUT2D eigenvalue weighted by molar-refractivity contribution is 5.53. The Kier molecular flexibility index (Phi) is 2.93. The molecule has 1 unspecified atom stereocenters. The predicted octanol–water partition coefficient (Wildman–Crippen LogP) is 1.78. The zero-order chi connectivity index (χ0) is 13.5. The van der Waals surface area contributed by atoms with Gasteiger partial charge in [-0.25, -0.2) is 4.98 Å². The lowest BCUT2D eigenvalue weighted by molar-refractivity contribution is 0.0481. The fraction of sp³-hybridized carbons (Fsp3) is 0.571. The second-order valence-electron chi connectivity index (χ2n) is 5.76. The Hall–Kier alpha value is -1.62. The Morgan fingerprint density at radius 1 is 1.26 bits per heavy atom. The van der Waals surface area contributed by atoms with E-state index in [1.54, 1.807) is 6.33 Å². The molecular formula is C14H20N4O. The first-order chi connectivity index (χ1) is 9.05. The average molecular weight is 260 g/mol. The minimum atomic E-state index is -0.542.